The van der Waals surface area contributed by atoms with E-state index in [0.717, 1.165) is 10.9 Å². The Bertz CT molecular complexity index is 902. The van der Waals surface area contributed by atoms with Crippen molar-refractivity contribution < 1.29 is 158 Å². The molecule has 3 rings (SSSR count). The van der Waals surface area contributed by atoms with Gasteiger partial charge < -0.3 is 20.4 Å². The van der Waals surface area contributed by atoms with E-state index >= 15 is 0 Å². The van der Waals surface area contributed by atoms with Crippen molar-refractivity contribution in [3.63, 3.8) is 0 Å². The number of hydrogen-bond donors (Lipinski definition) is 4. The number of benzene rings is 2. The van der Waals surface area contributed by atoms with Crippen LogP contribution >= 0.6 is 0 Å². The van der Waals surface area contributed by atoms with E-state index in [0.29, 0.717) is 0 Å². The minimum absolute atomic E-state index is 0. The predicted octanol–water partition coefficient (Wildman–Crippen LogP) is -3.64. The van der Waals surface area contributed by atoms with Crippen LogP contribution in [0.3, 0.4) is 0 Å². The molecule has 0 aliphatic rings. The van der Waals surface area contributed by atoms with Crippen LogP contribution < -0.4 is 149 Å². The number of rotatable bonds is 2. The zero-order chi connectivity index (χ0) is 24.4. The molecule has 0 spiro atoms. The van der Waals surface area contributed by atoms with Crippen LogP contribution in [0.1, 0.15) is 55.4 Å². The molecule has 4 radical (unpaired) electrons. The molecule has 0 saturated carbocycles. The van der Waals surface area contributed by atoms with Crippen molar-refractivity contribution in [2.45, 2.75) is 77.8 Å². The van der Waals surface area contributed by atoms with Gasteiger partial charge in [-0.15, -0.1) is 50.7 Å². The Balaban J connectivity index is 0. The Morgan fingerprint density at radius 1 is 0.545 bits per heavy atom. The number of aliphatic hydroxyl groups is 4. The summed E-state index contributed by atoms with van der Waals surface area (Å²) in [5.74, 6) is 0. The number of hydrogen-bond acceptors (Lipinski definition) is 4. The van der Waals surface area contributed by atoms with Crippen molar-refractivity contribution in [2.75, 3.05) is 0 Å². The van der Waals surface area contributed by atoms with Crippen LogP contribution in [-0.4, -0.2) is 58.5 Å². The molecular weight excluding hydrogens is 652 g/mol. The van der Waals surface area contributed by atoms with E-state index in [1.165, 1.54) is 21.5 Å². The van der Waals surface area contributed by atoms with E-state index in [2.05, 4.69) is 18.2 Å². The summed E-state index contributed by atoms with van der Waals surface area (Å²) >= 11 is 0. The summed E-state index contributed by atoms with van der Waals surface area (Å²) in [6, 6.07) is 14.1. The SMILES string of the molecule is CC(C)(O)C(C)(C)O.CC(C)(O)C(C)(C)O.[B]c1ccc2c(c1)[cH-]c1cc([B])ccc12.[Cs+].[Cs+]. The fourth-order valence-corrected chi connectivity index (χ4v) is 2.06. The van der Waals surface area contributed by atoms with Crippen LogP contribution in [0, 0.1) is 0 Å². The molecule has 33 heavy (non-hydrogen) atoms. The molecule has 0 amide bonds. The molecule has 0 aromatic heterocycles. The average Bonchev–Trinajstić information content (AvgIpc) is 2.88. The molecule has 0 bridgehead atoms. The smallest absolute Gasteiger partial charge is 0.387 e. The Labute approximate surface area is 319 Å². The summed E-state index contributed by atoms with van der Waals surface area (Å²) < 4.78 is 0. The largest absolute Gasteiger partial charge is 1.00 e. The van der Waals surface area contributed by atoms with Crippen molar-refractivity contribution >= 4 is 48.2 Å². The van der Waals surface area contributed by atoms with Crippen molar-refractivity contribution in [3.05, 3.63) is 42.5 Å². The summed E-state index contributed by atoms with van der Waals surface area (Å²) in [4.78, 5) is 0. The maximum absolute atomic E-state index is 9.10. The molecule has 0 aliphatic carbocycles. The first kappa shape index (κ1) is 37.5. The van der Waals surface area contributed by atoms with Crippen LogP contribution in [0.2, 0.25) is 0 Å². The predicted molar refractivity (Wildman–Crippen MR) is 133 cm³/mol. The molecule has 4 nitrogen and oxygen atoms in total. The third-order valence-electron chi connectivity index (χ3n) is 5.75. The van der Waals surface area contributed by atoms with Gasteiger partial charge in [-0.2, -0.15) is 0 Å². The van der Waals surface area contributed by atoms with Crippen LogP contribution in [0.25, 0.3) is 21.5 Å². The summed E-state index contributed by atoms with van der Waals surface area (Å²) in [7, 11) is 11.5. The Hall–Kier alpha value is 2.38. The van der Waals surface area contributed by atoms with Crippen LogP contribution in [0.5, 0.6) is 0 Å². The molecule has 8 heteroatoms. The van der Waals surface area contributed by atoms with Gasteiger partial charge >= 0.3 is 138 Å². The van der Waals surface area contributed by atoms with Gasteiger partial charge in [0.05, 0.1) is 22.4 Å². The van der Waals surface area contributed by atoms with Crippen LogP contribution in [0.15, 0.2) is 42.5 Å². The Morgan fingerprint density at radius 3 is 1.00 bits per heavy atom. The molecule has 0 heterocycles. The van der Waals surface area contributed by atoms with E-state index < -0.39 is 22.4 Å². The van der Waals surface area contributed by atoms with Gasteiger partial charge in [0.2, 0.25) is 0 Å². The fourth-order valence-electron chi connectivity index (χ4n) is 2.06. The van der Waals surface area contributed by atoms with Crippen LogP contribution in [0.4, 0.5) is 0 Å². The standard InChI is InChI=1S/C13H7B2.2C6H14O2.2Cs/c14-10-1-3-12-8(6-10)5-9-7-11(15)2-4-13(9)12;2*1-5(2,7)6(3,4)8;;/h1-7H;2*7-8H,1-4H3;;/q-1;;;2*+1. The number of fused-ring (bicyclic) bond motifs is 3. The summed E-state index contributed by atoms with van der Waals surface area (Å²) in [6.45, 7) is 12.6. The van der Waals surface area contributed by atoms with Crippen molar-refractivity contribution in [1.29, 1.82) is 0 Å². The molecular formula is C25H35B2Cs2O4+. The summed E-state index contributed by atoms with van der Waals surface area (Å²) in [5.41, 5.74) is -2.43. The van der Waals surface area contributed by atoms with Crippen molar-refractivity contribution in [3.8, 4) is 0 Å². The van der Waals surface area contributed by atoms with Crippen molar-refractivity contribution in [1.82, 2.24) is 0 Å². The van der Waals surface area contributed by atoms with E-state index in [-0.39, 0.29) is 138 Å². The molecule has 3 aromatic rings. The summed E-state index contributed by atoms with van der Waals surface area (Å²) in [6.07, 6.45) is 0. The van der Waals surface area contributed by atoms with E-state index in [1.54, 1.807) is 55.4 Å². The molecule has 3 aromatic carbocycles. The second kappa shape index (κ2) is 14.5. The molecule has 0 unspecified atom stereocenters. The average molecular weight is 687 g/mol. The summed E-state index contributed by atoms with van der Waals surface area (Å²) in [5, 5.41) is 41.2. The monoisotopic (exact) mass is 687 g/mol. The molecule has 0 fully saturated rings. The van der Waals surface area contributed by atoms with Gasteiger partial charge in [0, 0.05) is 0 Å². The van der Waals surface area contributed by atoms with Gasteiger partial charge in [0.1, 0.15) is 15.7 Å². The quantitative estimate of drug-likeness (QED) is 0.166. The van der Waals surface area contributed by atoms with Crippen molar-refractivity contribution in [2.24, 2.45) is 0 Å². The minimum Gasteiger partial charge on any atom is -0.387 e. The van der Waals surface area contributed by atoms with E-state index in [4.69, 9.17) is 36.1 Å². The van der Waals surface area contributed by atoms with Gasteiger partial charge in [-0.3, -0.25) is 0 Å². The normalized spacial score (nSPS) is 12.0. The second-order valence-corrected chi connectivity index (χ2v) is 10.1. The molecule has 166 valence electrons. The topological polar surface area (TPSA) is 80.9 Å². The van der Waals surface area contributed by atoms with Gasteiger partial charge in [0.25, 0.3) is 0 Å². The zero-order valence-electron chi connectivity index (χ0n) is 22.0. The van der Waals surface area contributed by atoms with Gasteiger partial charge in [-0.05, 0) is 55.4 Å². The first-order valence-corrected chi connectivity index (χ1v) is 10.3. The first-order chi connectivity index (χ1) is 13.7. The third-order valence-corrected chi connectivity index (χ3v) is 5.75. The van der Waals surface area contributed by atoms with Gasteiger partial charge in [0.15, 0.2) is 0 Å². The van der Waals surface area contributed by atoms with Gasteiger partial charge in [-0.25, -0.2) is 0 Å². The first-order valence-electron chi connectivity index (χ1n) is 10.3. The molecule has 0 saturated heterocycles. The van der Waals surface area contributed by atoms with E-state index in [9.17, 15) is 0 Å². The minimum atomic E-state index is -1.01. The third kappa shape index (κ3) is 12.2. The Morgan fingerprint density at radius 2 is 0.788 bits per heavy atom. The Kier molecular flexibility index (Phi) is 16.5. The van der Waals surface area contributed by atoms with E-state index in [1.807, 2.05) is 24.3 Å². The fraction of sp³-hybridized carbons (Fsp3) is 0.480. The zero-order valence-corrected chi connectivity index (χ0v) is 34.5. The molecule has 0 aliphatic heterocycles. The maximum Gasteiger partial charge on any atom is 1.00 e. The molecule has 0 atom stereocenters. The maximum atomic E-state index is 9.10. The van der Waals surface area contributed by atoms with Crippen LogP contribution in [-0.2, 0) is 0 Å². The van der Waals surface area contributed by atoms with Gasteiger partial charge in [-0.1, -0.05) is 24.3 Å². The second-order valence-electron chi connectivity index (χ2n) is 10.1. The molecule has 4 N–H and O–H groups in total.